The summed E-state index contributed by atoms with van der Waals surface area (Å²) in [7, 11) is -1.35. The van der Waals surface area contributed by atoms with Crippen molar-refractivity contribution in [3.8, 4) is 0 Å². The predicted molar refractivity (Wildman–Crippen MR) is 273 cm³/mol. The highest BCUT2D eigenvalue weighted by atomic mass is 28.3. The second-order valence-electron chi connectivity index (χ2n) is 19.8. The molecule has 4 N–H and O–H groups in total. The minimum absolute atomic E-state index is 0.0448. The summed E-state index contributed by atoms with van der Waals surface area (Å²) in [5, 5.41) is 25.4. The number of aliphatic hydroxyl groups excluding tert-OH is 1. The minimum Gasteiger partial charge on any atom is -0.478 e. The molecule has 1 unspecified atom stereocenters. The van der Waals surface area contributed by atoms with E-state index in [1.54, 1.807) is 96.1 Å². The Morgan fingerprint density at radius 1 is 0.589 bits per heavy atom. The largest absolute Gasteiger partial charge is 0.478 e. The van der Waals surface area contributed by atoms with E-state index in [4.69, 9.17) is 42.6 Å². The zero-order valence-corrected chi connectivity index (χ0v) is 45.1. The molecular formula is C53H78N2O17Si. The van der Waals surface area contributed by atoms with E-state index in [9.17, 15) is 39.0 Å². The Labute approximate surface area is 430 Å². The second-order valence-corrected chi connectivity index (χ2v) is 25.4. The third-order valence-electron chi connectivity index (χ3n) is 9.69. The van der Waals surface area contributed by atoms with Crippen LogP contribution in [0.4, 0.5) is 9.59 Å². The first kappa shape index (κ1) is 63.2. The molecular weight excluding hydrogens is 965 g/mol. The van der Waals surface area contributed by atoms with Gasteiger partial charge in [0.15, 0.2) is 12.2 Å². The van der Waals surface area contributed by atoms with Gasteiger partial charge in [0.1, 0.15) is 23.9 Å². The van der Waals surface area contributed by atoms with E-state index in [0.29, 0.717) is 44.0 Å². The molecule has 0 radical (unpaired) electrons. The summed E-state index contributed by atoms with van der Waals surface area (Å²) in [6.45, 7) is 20.7. The Kier molecular flexibility index (Phi) is 28.6. The van der Waals surface area contributed by atoms with Crippen molar-refractivity contribution in [2.75, 3.05) is 52.9 Å². The second kappa shape index (κ2) is 33.0. The smallest absolute Gasteiger partial charge is 0.408 e. The number of amides is 2. The van der Waals surface area contributed by atoms with Crippen molar-refractivity contribution in [3.63, 3.8) is 0 Å². The fourth-order valence-electron chi connectivity index (χ4n) is 6.05. The highest BCUT2D eigenvalue weighted by Crippen LogP contribution is 2.23. The van der Waals surface area contributed by atoms with Crippen LogP contribution in [0.1, 0.15) is 90.1 Å². The quantitative estimate of drug-likeness (QED) is 0.0225. The molecule has 20 heteroatoms. The van der Waals surface area contributed by atoms with Gasteiger partial charge in [-0.3, -0.25) is 4.79 Å². The molecule has 0 aromatic heterocycles. The van der Waals surface area contributed by atoms with Crippen LogP contribution in [0, 0.1) is 0 Å². The monoisotopic (exact) mass is 1040 g/mol. The highest BCUT2D eigenvalue weighted by molar-refractivity contribution is 6.76. The minimum atomic E-state index is -1.75. The Morgan fingerprint density at radius 3 is 1.52 bits per heavy atom. The van der Waals surface area contributed by atoms with Gasteiger partial charge in [0.05, 0.1) is 52.3 Å². The van der Waals surface area contributed by atoms with Gasteiger partial charge in [0.25, 0.3) is 0 Å². The normalized spacial score (nSPS) is 13.6. The van der Waals surface area contributed by atoms with Crippen LogP contribution in [0.5, 0.6) is 0 Å². The highest BCUT2D eigenvalue weighted by Gasteiger charge is 2.37. The third-order valence-corrected chi connectivity index (χ3v) is 11.4. The maximum Gasteiger partial charge on any atom is 0.408 e. The van der Waals surface area contributed by atoms with Crippen molar-refractivity contribution in [2.24, 2.45) is 0 Å². The van der Waals surface area contributed by atoms with Crippen molar-refractivity contribution >= 4 is 44.1 Å². The molecule has 406 valence electrons. The van der Waals surface area contributed by atoms with Gasteiger partial charge in [-0.1, -0.05) is 111 Å². The van der Waals surface area contributed by atoms with E-state index in [0.717, 1.165) is 11.6 Å². The molecule has 0 saturated heterocycles. The number of alkyl carbamates (subject to hydrolysis) is 2. The van der Waals surface area contributed by atoms with Crippen molar-refractivity contribution in [1.82, 2.24) is 10.6 Å². The molecule has 3 aromatic carbocycles. The maximum atomic E-state index is 12.7. The standard InChI is InChI=1S/C34H47NO12.C19H31NO5Si/c1-25(32(39)46-30(31(37)38)29(27-14-9-6-10-15-27)35-33(40)47-34(2,3)4)44-23-22-43-21-20-42-19-18-41-17-11-16-28(36)45-24-26-12-7-5-8-13-26;1-19(2,3)25-18(23)20-15(14-10-8-7-9-11-14)16(21)17(22)24-12-13-26(4,5)6/h5-10,12-15,25,29-30H,11,16-24H2,1-4H3,(H,35,40)(H,37,38);7-11,15-16,21H,12-13H2,1-6H3,(H,20,23)/t25?,29-,30+;15-,16+/m00/s1. The fraction of sp³-hybridized carbons (Fsp3) is 0.547. The van der Waals surface area contributed by atoms with Crippen LogP contribution >= 0.6 is 0 Å². The average Bonchev–Trinajstić information content (AvgIpc) is 3.31. The fourth-order valence-corrected chi connectivity index (χ4v) is 6.77. The summed E-state index contributed by atoms with van der Waals surface area (Å²) >= 11 is 0. The van der Waals surface area contributed by atoms with Gasteiger partial charge in [0.2, 0.25) is 6.10 Å². The maximum absolute atomic E-state index is 12.7. The Balaban J connectivity index is 0.000000592. The van der Waals surface area contributed by atoms with E-state index in [1.807, 2.05) is 36.4 Å². The lowest BCUT2D eigenvalue weighted by atomic mass is 10.0. The van der Waals surface area contributed by atoms with Gasteiger partial charge in [-0.15, -0.1) is 0 Å². The summed E-state index contributed by atoms with van der Waals surface area (Å²) in [6.07, 6.45) is -5.11. The molecule has 0 heterocycles. The van der Waals surface area contributed by atoms with Crippen molar-refractivity contribution in [2.45, 2.75) is 135 Å². The van der Waals surface area contributed by atoms with E-state index in [1.165, 1.54) is 6.92 Å². The van der Waals surface area contributed by atoms with Crippen LogP contribution in [-0.2, 0) is 68.4 Å². The Hall–Kier alpha value is -5.90. The number of rotatable bonds is 29. The summed E-state index contributed by atoms with van der Waals surface area (Å²) in [5.41, 5.74) is 0.429. The van der Waals surface area contributed by atoms with Crippen molar-refractivity contribution in [3.05, 3.63) is 108 Å². The summed E-state index contributed by atoms with van der Waals surface area (Å²) in [5.74, 6) is -3.40. The molecule has 0 spiro atoms. The van der Waals surface area contributed by atoms with Gasteiger partial charge in [0, 0.05) is 21.1 Å². The van der Waals surface area contributed by atoms with Gasteiger partial charge in [-0.05, 0) is 77.6 Å². The molecule has 0 bridgehead atoms. The number of aliphatic hydroxyl groups is 1. The van der Waals surface area contributed by atoms with Crippen LogP contribution in [-0.4, -0.2) is 137 Å². The van der Waals surface area contributed by atoms with Crippen LogP contribution in [0.15, 0.2) is 91.0 Å². The molecule has 0 saturated carbocycles. The van der Waals surface area contributed by atoms with Gasteiger partial charge >= 0.3 is 36.1 Å². The number of nitrogens with one attached hydrogen (secondary N) is 2. The third kappa shape index (κ3) is 29.4. The number of esters is 3. The number of hydrogen-bond acceptors (Lipinski definition) is 16. The zero-order chi connectivity index (χ0) is 54.5. The lowest BCUT2D eigenvalue weighted by Gasteiger charge is -2.28. The Morgan fingerprint density at radius 2 is 1.04 bits per heavy atom. The molecule has 5 atom stereocenters. The lowest BCUT2D eigenvalue weighted by molar-refractivity contribution is -0.174. The molecule has 19 nitrogen and oxygen atoms in total. The molecule has 73 heavy (non-hydrogen) atoms. The number of carbonyl (C=O) groups excluding carboxylic acids is 5. The van der Waals surface area contributed by atoms with Crippen LogP contribution < -0.4 is 10.6 Å². The lowest BCUT2D eigenvalue weighted by Crippen LogP contribution is -2.45. The molecule has 0 aliphatic rings. The first-order chi connectivity index (χ1) is 34.3. The first-order valence-corrected chi connectivity index (χ1v) is 28.0. The summed E-state index contributed by atoms with van der Waals surface area (Å²) in [6, 6.07) is 25.2. The topological polar surface area (TPSA) is 250 Å². The van der Waals surface area contributed by atoms with Gasteiger partial charge < -0.3 is 63.5 Å². The number of hydrogen-bond donors (Lipinski definition) is 4. The molecule has 3 rings (SSSR count). The van der Waals surface area contributed by atoms with E-state index >= 15 is 0 Å². The number of aliphatic carboxylic acids is 1. The SMILES string of the molecule is CC(C)(C)OC(=O)N[C@@H](c1ccccc1)[C@@H](O)C(=O)OCC[Si](C)(C)C.CC(OCCOCCOCCOCCCC(=O)OCc1ccccc1)C(=O)O[C@@H](C(=O)O)[C@@H](NC(=O)OC(C)(C)C)c1ccccc1. The molecule has 0 fully saturated rings. The molecule has 0 aliphatic heterocycles. The molecule has 0 aliphatic carbocycles. The van der Waals surface area contributed by atoms with E-state index in [-0.39, 0.29) is 45.4 Å². The van der Waals surface area contributed by atoms with E-state index in [2.05, 4.69) is 30.3 Å². The number of carboxylic acids is 1. The molecule has 3 aromatic rings. The number of carbonyl (C=O) groups is 6. The summed E-state index contributed by atoms with van der Waals surface area (Å²) in [4.78, 5) is 73.5. The Bertz CT molecular complexity index is 2080. The molecule has 2 amide bonds. The average molecular weight is 1040 g/mol. The van der Waals surface area contributed by atoms with Gasteiger partial charge in [-0.25, -0.2) is 24.0 Å². The summed E-state index contributed by atoms with van der Waals surface area (Å²) < 4.78 is 48.0. The zero-order valence-electron chi connectivity index (χ0n) is 44.1. The predicted octanol–water partition coefficient (Wildman–Crippen LogP) is 7.72. The first-order valence-electron chi connectivity index (χ1n) is 24.3. The van der Waals surface area contributed by atoms with Crippen molar-refractivity contribution < 1.29 is 81.6 Å². The van der Waals surface area contributed by atoms with Crippen LogP contribution in [0.3, 0.4) is 0 Å². The number of carboxylic acid groups (broad SMARTS) is 1. The van der Waals surface area contributed by atoms with E-state index < -0.39 is 79.8 Å². The van der Waals surface area contributed by atoms with Gasteiger partial charge in [-0.2, -0.15) is 0 Å². The van der Waals surface area contributed by atoms with Crippen LogP contribution in [0.2, 0.25) is 25.7 Å². The number of ether oxygens (including phenoxy) is 9. The van der Waals surface area contributed by atoms with Crippen LogP contribution in [0.25, 0.3) is 0 Å². The number of benzene rings is 3. The van der Waals surface area contributed by atoms with Crippen molar-refractivity contribution in [1.29, 1.82) is 0 Å².